The van der Waals surface area contributed by atoms with Crippen molar-refractivity contribution in [2.24, 2.45) is 23.7 Å². The van der Waals surface area contributed by atoms with E-state index in [2.05, 4.69) is 29.6 Å². The predicted molar refractivity (Wildman–Crippen MR) is 443 cm³/mol. The first-order valence-electron chi connectivity index (χ1n) is 40.1. The molecule has 0 radical (unpaired) electrons. The highest BCUT2D eigenvalue weighted by molar-refractivity contribution is 6.30. The third-order valence-electron chi connectivity index (χ3n) is 23.3. The van der Waals surface area contributed by atoms with Gasteiger partial charge in [-0.15, -0.1) is 0 Å². The predicted octanol–water partition coefficient (Wildman–Crippen LogP) is 12.3. The summed E-state index contributed by atoms with van der Waals surface area (Å²) in [6.07, 6.45) is 6.29. The molecule has 2 amide bonds. The highest BCUT2D eigenvalue weighted by Gasteiger charge is 2.35. The molecule has 16 rings (SSSR count). The monoisotopic (exact) mass is 1610 g/mol. The van der Waals surface area contributed by atoms with Gasteiger partial charge in [0.25, 0.3) is 11.1 Å². The molecule has 8 heterocycles. The molecule has 0 bridgehead atoms. The summed E-state index contributed by atoms with van der Waals surface area (Å²) in [5, 5.41) is 12.2. The number of piperidine rings is 4. The van der Waals surface area contributed by atoms with Gasteiger partial charge < -0.3 is 44.5 Å². The van der Waals surface area contributed by atoms with E-state index in [1.165, 1.54) is 45.5 Å². The highest BCUT2D eigenvalue weighted by Crippen LogP contribution is 2.34. The molecule has 10 aromatic rings. The van der Waals surface area contributed by atoms with Crippen molar-refractivity contribution < 1.29 is 51.8 Å². The summed E-state index contributed by atoms with van der Waals surface area (Å²) in [4.78, 5) is 154. The third-order valence-corrected chi connectivity index (χ3v) is 23.6. The fourth-order valence-electron chi connectivity index (χ4n) is 16.5. The molecule has 1 atom stereocenters. The molecule has 0 spiro atoms. The van der Waals surface area contributed by atoms with Gasteiger partial charge in [-0.2, -0.15) is 0 Å². The van der Waals surface area contributed by atoms with Gasteiger partial charge in [-0.25, -0.2) is 22.8 Å². The summed E-state index contributed by atoms with van der Waals surface area (Å²) in [5.41, 5.74) is 4.98. The first-order chi connectivity index (χ1) is 56.6. The van der Waals surface area contributed by atoms with Crippen LogP contribution in [0.4, 0.5) is 24.5 Å². The van der Waals surface area contributed by atoms with Crippen molar-refractivity contribution in [3.05, 3.63) is 292 Å². The Bertz CT molecular complexity index is 5480. The van der Waals surface area contributed by atoms with Crippen LogP contribution in [-0.4, -0.2) is 176 Å². The van der Waals surface area contributed by atoms with E-state index in [-0.39, 0.29) is 112 Å². The number of benzene rings is 8. The van der Waals surface area contributed by atoms with Crippen LogP contribution >= 0.6 is 11.6 Å². The molecule has 2 aromatic heterocycles. The number of para-hydroxylation sites is 4. The van der Waals surface area contributed by atoms with Crippen molar-refractivity contribution in [1.29, 1.82) is 0 Å². The molecule has 4 fully saturated rings. The molecule has 3 N–H and O–H groups in total. The molecule has 117 heavy (non-hydrogen) atoms. The van der Waals surface area contributed by atoms with Crippen LogP contribution in [0.25, 0.3) is 21.8 Å². The van der Waals surface area contributed by atoms with Crippen LogP contribution in [0.3, 0.4) is 0 Å². The number of H-pyrrole nitrogens is 2. The number of aliphatic hydroxyl groups is 1. The lowest BCUT2D eigenvalue weighted by molar-refractivity contribution is -0.118. The molecule has 0 saturated carbocycles. The normalized spacial score (nSPS) is 17.1. The number of rotatable bonds is 21. The molecule has 1 unspecified atom stereocenters. The van der Waals surface area contributed by atoms with E-state index < -0.39 is 11.8 Å². The summed E-state index contributed by atoms with van der Waals surface area (Å²) >= 11 is 5.89. The number of likely N-dealkylation sites (tertiary alicyclic amines) is 4. The quantitative estimate of drug-likeness (QED) is 0.0446. The summed E-state index contributed by atoms with van der Waals surface area (Å²) < 4.78 is 41.7. The second-order valence-electron chi connectivity index (χ2n) is 30.7. The third kappa shape index (κ3) is 21.0. The average molecular weight is 1610 g/mol. The molecule has 608 valence electrons. The number of nitrogens with zero attached hydrogens (tertiary/aromatic N) is 8. The zero-order valence-corrected chi connectivity index (χ0v) is 65.7. The van der Waals surface area contributed by atoms with E-state index in [0.29, 0.717) is 112 Å². The number of nitrogens with one attached hydrogen (secondary N) is 2. The highest BCUT2D eigenvalue weighted by atomic mass is 35.5. The molecule has 6 aliphatic heterocycles. The summed E-state index contributed by atoms with van der Waals surface area (Å²) in [6.45, 7) is 10.8. The second-order valence-corrected chi connectivity index (χ2v) is 31.1. The Kier molecular flexibility index (Phi) is 28.0. The minimum atomic E-state index is -0.608. The molecule has 8 aromatic carbocycles. The fourth-order valence-corrected chi connectivity index (χ4v) is 16.6. The number of aromatic nitrogens is 4. The van der Waals surface area contributed by atoms with Gasteiger partial charge in [0.1, 0.15) is 17.5 Å². The molecule has 22 nitrogen and oxygen atoms in total. The van der Waals surface area contributed by atoms with Gasteiger partial charge >= 0.3 is 11.4 Å². The van der Waals surface area contributed by atoms with E-state index in [4.69, 9.17) is 11.6 Å². The maximum Gasteiger partial charge on any atom is 0.328 e. The maximum absolute atomic E-state index is 13.1. The zero-order chi connectivity index (χ0) is 82.2. The Morgan fingerprint density at radius 2 is 0.718 bits per heavy atom. The van der Waals surface area contributed by atoms with Gasteiger partial charge in [0, 0.05) is 96.4 Å². The largest absolute Gasteiger partial charge is 0.388 e. The zero-order valence-electron chi connectivity index (χ0n) is 65.0. The number of aromatic amines is 2. The van der Waals surface area contributed by atoms with Crippen molar-refractivity contribution in [3.8, 4) is 0 Å². The first-order valence-corrected chi connectivity index (χ1v) is 40.5. The van der Waals surface area contributed by atoms with E-state index >= 15 is 0 Å². The number of halogens is 4. The van der Waals surface area contributed by atoms with Crippen LogP contribution in [0.5, 0.6) is 0 Å². The maximum atomic E-state index is 13.1. The minimum Gasteiger partial charge on any atom is -0.388 e. The van der Waals surface area contributed by atoms with Crippen LogP contribution < -0.4 is 32.3 Å². The number of hydrogen-bond donors (Lipinski definition) is 3. The molecule has 6 aliphatic rings. The van der Waals surface area contributed by atoms with Gasteiger partial charge in [0.2, 0.25) is 11.8 Å². The van der Waals surface area contributed by atoms with Crippen molar-refractivity contribution in [2.45, 2.75) is 89.8 Å². The minimum absolute atomic E-state index is 0.000723. The van der Waals surface area contributed by atoms with Crippen molar-refractivity contribution in [3.63, 3.8) is 0 Å². The van der Waals surface area contributed by atoms with E-state index in [1.54, 1.807) is 131 Å². The van der Waals surface area contributed by atoms with E-state index in [0.717, 1.165) is 122 Å². The van der Waals surface area contributed by atoms with Crippen LogP contribution in [0.1, 0.15) is 134 Å². The van der Waals surface area contributed by atoms with Crippen LogP contribution in [0.2, 0.25) is 5.02 Å². The lowest BCUT2D eigenvalue weighted by Crippen LogP contribution is -2.45. The lowest BCUT2D eigenvalue weighted by Gasteiger charge is -2.34. The molecular formula is C91H94ClF3N10O12. The molecule has 26 heteroatoms. The number of amides is 2. The number of hydrogen-bond acceptors (Lipinski definition) is 16. The van der Waals surface area contributed by atoms with Crippen LogP contribution in [0, 0.1) is 41.1 Å². The number of fused-ring (bicyclic) bond motifs is 4. The number of carbonyl (C=O) groups excluding carboxylic acids is 7. The number of aliphatic hydroxyl groups excluding tert-OH is 1. The SMILES string of the molecule is O=C(c1ccc(Cl)cc1)C1CCN(CCn2c(=O)[nH]c3ccccc3c2=O)CC1.O=C1CC(=O)N(CCCN2CCC(C(=O)c3ccc(F)cc3)CC2)c2ccccc21.O=C1CC(=O)N(CCN2CCC(C(=O)c3ccc(F)cc3)CC2)c2ccccc21.O=c1[nH]c2ccccc2c(=O)n1CCN1CCC(C(O)c2ccc(F)cc2)CC1. The van der Waals surface area contributed by atoms with Crippen LogP contribution in [-0.2, 0) is 22.7 Å². The number of anilines is 2. The van der Waals surface area contributed by atoms with E-state index in [9.17, 15) is 71.0 Å². The van der Waals surface area contributed by atoms with Gasteiger partial charge in [-0.05, 0) is 262 Å². The van der Waals surface area contributed by atoms with Gasteiger partial charge in [-0.3, -0.25) is 52.3 Å². The van der Waals surface area contributed by atoms with Crippen molar-refractivity contribution in [1.82, 2.24) is 38.7 Å². The molecular weight excluding hydrogens is 1520 g/mol. The number of ketones is 5. The number of carbonyl (C=O) groups is 7. The number of Topliss-reactive ketones (excluding diaryl/α,β-unsaturated/α-hetero) is 5. The summed E-state index contributed by atoms with van der Waals surface area (Å²) in [6, 6.07) is 53.1. The summed E-state index contributed by atoms with van der Waals surface area (Å²) in [7, 11) is 0. The van der Waals surface area contributed by atoms with E-state index in [1.807, 2.05) is 36.4 Å². The first kappa shape index (κ1) is 83.7. The van der Waals surface area contributed by atoms with Gasteiger partial charge in [-0.1, -0.05) is 72.3 Å². The summed E-state index contributed by atoms with van der Waals surface area (Å²) in [5.74, 6) is -1.15. The average Bonchev–Trinajstić information content (AvgIpc) is 0.809. The van der Waals surface area contributed by atoms with Gasteiger partial charge in [0.15, 0.2) is 28.9 Å². The Hall–Kier alpha value is -11.2. The van der Waals surface area contributed by atoms with Crippen molar-refractivity contribution >= 4 is 85.5 Å². The molecule has 0 aliphatic carbocycles. The van der Waals surface area contributed by atoms with Crippen molar-refractivity contribution in [2.75, 3.05) is 101 Å². The van der Waals surface area contributed by atoms with Gasteiger partial charge in [0.05, 0.1) is 52.1 Å². The Morgan fingerprint density at radius 3 is 1.13 bits per heavy atom. The lowest BCUT2D eigenvalue weighted by atomic mass is 9.87. The standard InChI is InChI=1S/C24H25FN2O3.C23H23FN2O3.C22H22ClN3O3.C22H24FN3O3/c25-19-8-6-17(7-9-19)24(30)18-10-14-26(15-11-18)12-3-13-27-21-5-2-1-4-20(21)22(28)16-23(27)29;24-18-7-5-16(6-8-18)23(29)17-9-11-25(12-10-17)13-14-26-20-4-2-1-3-19(20)21(27)15-22(26)28;2*23-17-7-5-15(6-8-17)20(27)16-9-11-25(12-10-16)13-14-26-21(28)18-3-1-2-4-19(18)24-22(26)29/h1-2,4-9,18H,3,10-16H2;1-8,17H,9-15H2;1-8,16H,9-14H2,(H,24,29);1-8,16,20,27H,9-14H2,(H,24,29). The Labute approximate surface area is 679 Å². The fraction of sp³-hybridized carbons (Fsp3) is 0.352. The Morgan fingerprint density at radius 1 is 0.385 bits per heavy atom. The van der Waals surface area contributed by atoms with Crippen LogP contribution in [0.15, 0.2) is 213 Å². The Balaban J connectivity index is 0.000000135. The molecule has 4 saturated heterocycles. The topological polar surface area (TPSA) is 269 Å². The smallest absolute Gasteiger partial charge is 0.328 e. The second kappa shape index (κ2) is 39.2.